The lowest BCUT2D eigenvalue weighted by Crippen LogP contribution is -2.14. The molecule has 0 aromatic heterocycles. The van der Waals surface area contributed by atoms with Crippen LogP contribution in [0.2, 0.25) is 5.02 Å². The molecule has 0 spiro atoms. The summed E-state index contributed by atoms with van der Waals surface area (Å²) in [6.07, 6.45) is 1.80. The molecule has 2 aromatic carbocycles. The molecule has 4 nitrogen and oxygen atoms in total. The smallest absolute Gasteiger partial charge is 0.285 e. The van der Waals surface area contributed by atoms with E-state index >= 15 is 0 Å². The minimum Gasteiger partial charge on any atom is -0.324 e. The van der Waals surface area contributed by atoms with Crippen LogP contribution < -0.4 is 5.32 Å². The molecule has 0 saturated heterocycles. The third kappa shape index (κ3) is 4.98. The molecule has 2 amide bonds. The second-order valence-electron chi connectivity index (χ2n) is 5.02. The highest BCUT2D eigenvalue weighted by Gasteiger charge is 2.22. The van der Waals surface area contributed by atoms with E-state index in [0.29, 0.717) is 20.0 Å². The highest BCUT2D eigenvalue weighted by Crippen LogP contribution is 2.33. The summed E-state index contributed by atoms with van der Waals surface area (Å²) in [5.41, 5.74) is 1.51. The Labute approximate surface area is 158 Å². The number of hydrogen-bond donors (Lipinski definition) is 1. The molecule has 1 aliphatic rings. The molecule has 3 rings (SSSR count). The first kappa shape index (κ1) is 17.8. The van der Waals surface area contributed by atoms with Crippen LogP contribution in [0.15, 0.2) is 64.5 Å². The zero-order valence-electron chi connectivity index (χ0n) is 12.9. The quantitative estimate of drug-likeness (QED) is 0.772. The van der Waals surface area contributed by atoms with E-state index in [1.165, 1.54) is 23.5 Å². The van der Waals surface area contributed by atoms with Gasteiger partial charge in [-0.05, 0) is 23.8 Å². The van der Waals surface area contributed by atoms with Crippen molar-refractivity contribution in [3.8, 4) is 0 Å². The Balaban J connectivity index is 1.55. The number of para-hydroxylation sites is 1. The van der Waals surface area contributed by atoms with Crippen molar-refractivity contribution < 1.29 is 9.59 Å². The average molecular weight is 389 g/mol. The van der Waals surface area contributed by atoms with Crippen LogP contribution in [0.4, 0.5) is 5.69 Å². The highest BCUT2D eigenvalue weighted by atomic mass is 35.5. The minimum atomic E-state index is -0.275. The Morgan fingerprint density at radius 2 is 1.88 bits per heavy atom. The standard InChI is InChI=1S/C18H13ClN2O2S2/c19-13-8-4-5-9-14(13)20-16(22)11-24-18-21-17(23)15(25-18)10-12-6-2-1-3-7-12/h1-10H,11H2,(H,20,22)/b15-10-. The Morgan fingerprint density at radius 1 is 1.16 bits per heavy atom. The summed E-state index contributed by atoms with van der Waals surface area (Å²) in [5, 5.41) is 3.22. The molecule has 126 valence electrons. The number of rotatable bonds is 4. The van der Waals surface area contributed by atoms with Gasteiger partial charge in [-0.3, -0.25) is 9.59 Å². The number of nitrogens with zero attached hydrogens (tertiary/aromatic N) is 1. The zero-order chi connectivity index (χ0) is 17.6. The van der Waals surface area contributed by atoms with Gasteiger partial charge < -0.3 is 5.32 Å². The molecule has 0 fully saturated rings. The molecule has 1 N–H and O–H groups in total. The summed E-state index contributed by atoms with van der Waals surface area (Å²) in [4.78, 5) is 28.5. The molecule has 0 atom stereocenters. The topological polar surface area (TPSA) is 58.5 Å². The molecular formula is C18H13ClN2O2S2. The Kier molecular flexibility index (Phi) is 5.96. The van der Waals surface area contributed by atoms with Crippen LogP contribution in [-0.2, 0) is 9.59 Å². The Hall–Kier alpha value is -2.02. The molecule has 0 unspecified atom stereocenters. The summed E-state index contributed by atoms with van der Waals surface area (Å²) in [5.74, 6) is -0.319. The summed E-state index contributed by atoms with van der Waals surface area (Å²) in [6, 6.07) is 16.6. The number of anilines is 1. The molecular weight excluding hydrogens is 376 g/mol. The van der Waals surface area contributed by atoms with Crippen molar-refractivity contribution in [2.45, 2.75) is 0 Å². The van der Waals surface area contributed by atoms with Gasteiger partial charge in [-0.15, -0.1) is 0 Å². The predicted molar refractivity (Wildman–Crippen MR) is 107 cm³/mol. The van der Waals surface area contributed by atoms with Crippen molar-refractivity contribution in [3.63, 3.8) is 0 Å². The van der Waals surface area contributed by atoms with Crippen molar-refractivity contribution >= 4 is 63.1 Å². The van der Waals surface area contributed by atoms with Crippen LogP contribution in [0.5, 0.6) is 0 Å². The van der Waals surface area contributed by atoms with E-state index in [4.69, 9.17) is 11.6 Å². The zero-order valence-corrected chi connectivity index (χ0v) is 15.3. The number of benzene rings is 2. The number of halogens is 1. The van der Waals surface area contributed by atoms with E-state index in [9.17, 15) is 9.59 Å². The molecule has 0 radical (unpaired) electrons. The van der Waals surface area contributed by atoms with Gasteiger partial charge >= 0.3 is 0 Å². The summed E-state index contributed by atoms with van der Waals surface area (Å²) in [6.45, 7) is 0. The molecule has 0 aliphatic carbocycles. The normalized spacial score (nSPS) is 15.3. The fourth-order valence-corrected chi connectivity index (χ4v) is 4.01. The number of carbonyl (C=O) groups is 2. The lowest BCUT2D eigenvalue weighted by molar-refractivity contribution is -0.114. The van der Waals surface area contributed by atoms with Gasteiger partial charge in [0.1, 0.15) is 4.38 Å². The van der Waals surface area contributed by atoms with E-state index in [0.717, 1.165) is 5.56 Å². The van der Waals surface area contributed by atoms with Crippen LogP contribution in [0.25, 0.3) is 6.08 Å². The van der Waals surface area contributed by atoms with E-state index in [1.54, 1.807) is 30.3 Å². The van der Waals surface area contributed by atoms with Crippen molar-refractivity contribution in [3.05, 3.63) is 70.1 Å². The first-order chi connectivity index (χ1) is 12.1. The number of hydrogen-bond acceptors (Lipinski definition) is 4. The molecule has 1 heterocycles. The molecule has 0 saturated carbocycles. The SMILES string of the molecule is O=C(CSC1=NC(=O)/C(=C/c2ccccc2)S1)Nc1ccccc1Cl. The number of carbonyl (C=O) groups excluding carboxylic acids is 2. The molecule has 0 bridgehead atoms. The fraction of sp³-hybridized carbons (Fsp3) is 0.0556. The lowest BCUT2D eigenvalue weighted by atomic mass is 10.2. The van der Waals surface area contributed by atoms with E-state index < -0.39 is 0 Å². The van der Waals surface area contributed by atoms with Crippen molar-refractivity contribution in [1.82, 2.24) is 0 Å². The second kappa shape index (κ2) is 8.38. The van der Waals surface area contributed by atoms with Gasteiger partial charge in [0.2, 0.25) is 5.91 Å². The van der Waals surface area contributed by atoms with Crippen LogP contribution in [0.1, 0.15) is 5.56 Å². The first-order valence-corrected chi connectivity index (χ1v) is 9.54. The second-order valence-corrected chi connectivity index (χ2v) is 7.68. The maximum Gasteiger partial charge on any atom is 0.285 e. The number of thioether (sulfide) groups is 2. The Bertz CT molecular complexity index is 866. The lowest BCUT2D eigenvalue weighted by Gasteiger charge is -2.06. The van der Waals surface area contributed by atoms with Gasteiger partial charge in [-0.25, -0.2) is 0 Å². The minimum absolute atomic E-state index is 0.156. The average Bonchev–Trinajstić information content (AvgIpc) is 2.96. The van der Waals surface area contributed by atoms with E-state index in [2.05, 4.69) is 10.3 Å². The van der Waals surface area contributed by atoms with Crippen LogP contribution in [-0.4, -0.2) is 21.9 Å². The van der Waals surface area contributed by atoms with Gasteiger partial charge in [0, 0.05) is 0 Å². The van der Waals surface area contributed by atoms with E-state index in [-0.39, 0.29) is 17.6 Å². The maximum atomic E-state index is 12.0. The molecule has 7 heteroatoms. The number of amides is 2. The number of aliphatic imine (C=N–C) groups is 1. The highest BCUT2D eigenvalue weighted by molar-refractivity contribution is 8.41. The van der Waals surface area contributed by atoms with Crippen LogP contribution in [0.3, 0.4) is 0 Å². The van der Waals surface area contributed by atoms with Crippen molar-refractivity contribution in [2.24, 2.45) is 4.99 Å². The van der Waals surface area contributed by atoms with Crippen molar-refractivity contribution in [1.29, 1.82) is 0 Å². The van der Waals surface area contributed by atoms with Gasteiger partial charge in [-0.2, -0.15) is 4.99 Å². The van der Waals surface area contributed by atoms with Crippen LogP contribution in [0, 0.1) is 0 Å². The van der Waals surface area contributed by atoms with Crippen LogP contribution >= 0.6 is 35.1 Å². The molecule has 1 aliphatic heterocycles. The summed E-state index contributed by atoms with van der Waals surface area (Å²) >= 11 is 8.52. The van der Waals surface area contributed by atoms with E-state index in [1.807, 2.05) is 30.3 Å². The first-order valence-electron chi connectivity index (χ1n) is 7.36. The van der Waals surface area contributed by atoms with Gasteiger partial charge in [0.25, 0.3) is 5.91 Å². The number of nitrogens with one attached hydrogen (secondary N) is 1. The summed E-state index contributed by atoms with van der Waals surface area (Å²) in [7, 11) is 0. The largest absolute Gasteiger partial charge is 0.324 e. The van der Waals surface area contributed by atoms with Gasteiger partial charge in [-0.1, -0.05) is 77.6 Å². The fourth-order valence-electron chi connectivity index (χ4n) is 2.03. The third-order valence-electron chi connectivity index (χ3n) is 3.17. The maximum absolute atomic E-state index is 12.0. The van der Waals surface area contributed by atoms with Crippen molar-refractivity contribution in [2.75, 3.05) is 11.1 Å². The Morgan fingerprint density at radius 3 is 2.64 bits per heavy atom. The summed E-state index contributed by atoms with van der Waals surface area (Å²) < 4.78 is 0.571. The van der Waals surface area contributed by atoms with Gasteiger partial charge in [0.15, 0.2) is 0 Å². The predicted octanol–water partition coefficient (Wildman–Crippen LogP) is 4.68. The third-order valence-corrected chi connectivity index (χ3v) is 5.63. The van der Waals surface area contributed by atoms with Gasteiger partial charge in [0.05, 0.1) is 21.4 Å². The molecule has 25 heavy (non-hydrogen) atoms. The monoisotopic (exact) mass is 388 g/mol. The molecule has 2 aromatic rings.